The first-order valence-electron chi connectivity index (χ1n) is 8.00. The average molecular weight is 334 g/mol. The number of carbonyl (C=O) groups excluding carboxylic acids is 1. The minimum absolute atomic E-state index is 0.0972. The molecule has 126 valence electrons. The minimum Gasteiger partial charge on any atom is -0.493 e. The van der Waals surface area contributed by atoms with Crippen molar-refractivity contribution in [2.75, 3.05) is 13.7 Å². The summed E-state index contributed by atoms with van der Waals surface area (Å²) in [6.07, 6.45) is 1.87. The molecule has 0 fully saturated rings. The van der Waals surface area contributed by atoms with E-state index in [9.17, 15) is 4.79 Å². The van der Waals surface area contributed by atoms with Gasteiger partial charge in [-0.1, -0.05) is 18.2 Å². The smallest absolute Gasteiger partial charge is 0.202 e. The van der Waals surface area contributed by atoms with E-state index in [1.165, 1.54) is 7.11 Å². The van der Waals surface area contributed by atoms with Crippen LogP contribution >= 0.6 is 0 Å². The van der Waals surface area contributed by atoms with Gasteiger partial charge in [0.1, 0.15) is 0 Å². The molecule has 0 spiro atoms. The first-order chi connectivity index (χ1) is 12.2. The second-order valence-corrected chi connectivity index (χ2v) is 5.54. The summed E-state index contributed by atoms with van der Waals surface area (Å²) < 4.78 is 12.9. The summed E-state index contributed by atoms with van der Waals surface area (Å²) in [6, 6.07) is 14.7. The van der Waals surface area contributed by atoms with Crippen molar-refractivity contribution < 1.29 is 14.3 Å². The number of ether oxygens (including phenoxy) is 2. The van der Waals surface area contributed by atoms with Crippen LogP contribution in [0.2, 0.25) is 0 Å². The third kappa shape index (κ3) is 3.20. The standard InChI is InChI=1S/C20H18N2O3/c1-3-22-12-16(15-6-4-5-7-17(15)22)18(23)13-25-19-9-8-14(11-21)10-20(19)24-2/h4-10,12H,3,13H2,1-2H3. The van der Waals surface area contributed by atoms with Crippen molar-refractivity contribution >= 4 is 16.7 Å². The van der Waals surface area contributed by atoms with Gasteiger partial charge in [0.15, 0.2) is 18.1 Å². The van der Waals surface area contributed by atoms with E-state index in [1.807, 2.05) is 48.0 Å². The van der Waals surface area contributed by atoms with Crippen LogP contribution in [0.3, 0.4) is 0 Å². The van der Waals surface area contributed by atoms with Crippen LogP contribution in [0, 0.1) is 11.3 Å². The third-order valence-electron chi connectivity index (χ3n) is 4.08. The van der Waals surface area contributed by atoms with Gasteiger partial charge in [-0.3, -0.25) is 4.79 Å². The zero-order chi connectivity index (χ0) is 17.8. The summed E-state index contributed by atoms with van der Waals surface area (Å²) in [6.45, 7) is 2.73. The second kappa shape index (κ2) is 7.10. The van der Waals surface area contributed by atoms with Gasteiger partial charge in [0.25, 0.3) is 0 Å². The van der Waals surface area contributed by atoms with Gasteiger partial charge in [0.05, 0.1) is 18.7 Å². The molecule has 2 aromatic carbocycles. The van der Waals surface area contributed by atoms with Crippen molar-refractivity contribution in [2.45, 2.75) is 13.5 Å². The van der Waals surface area contributed by atoms with Crippen LogP contribution in [0.25, 0.3) is 10.9 Å². The lowest BCUT2D eigenvalue weighted by molar-refractivity contribution is 0.0921. The highest BCUT2D eigenvalue weighted by molar-refractivity contribution is 6.08. The summed E-state index contributed by atoms with van der Waals surface area (Å²) in [5.41, 5.74) is 2.15. The number of ketones is 1. The van der Waals surface area contributed by atoms with Gasteiger partial charge < -0.3 is 14.0 Å². The Balaban J connectivity index is 1.83. The van der Waals surface area contributed by atoms with E-state index in [1.54, 1.807) is 18.2 Å². The number of methoxy groups -OCH3 is 1. The summed E-state index contributed by atoms with van der Waals surface area (Å²) >= 11 is 0. The first-order valence-corrected chi connectivity index (χ1v) is 8.00. The molecule has 3 rings (SSSR count). The maximum atomic E-state index is 12.7. The number of benzene rings is 2. The Kier molecular flexibility index (Phi) is 4.71. The molecule has 0 aliphatic heterocycles. The molecule has 1 heterocycles. The zero-order valence-corrected chi connectivity index (χ0v) is 14.2. The van der Waals surface area contributed by atoms with E-state index in [0.717, 1.165) is 17.4 Å². The number of carbonyl (C=O) groups is 1. The Labute approximate surface area is 146 Å². The summed E-state index contributed by atoms with van der Waals surface area (Å²) in [4.78, 5) is 12.7. The van der Waals surface area contributed by atoms with Crippen molar-refractivity contribution in [2.24, 2.45) is 0 Å². The lowest BCUT2D eigenvalue weighted by atomic mass is 10.1. The number of nitriles is 1. The molecule has 25 heavy (non-hydrogen) atoms. The van der Waals surface area contributed by atoms with E-state index >= 15 is 0 Å². The van der Waals surface area contributed by atoms with Crippen LogP contribution in [-0.4, -0.2) is 24.1 Å². The molecular weight excluding hydrogens is 316 g/mol. The number of hydrogen-bond donors (Lipinski definition) is 0. The van der Waals surface area contributed by atoms with Crippen molar-refractivity contribution in [1.82, 2.24) is 4.57 Å². The SMILES string of the molecule is CCn1cc(C(=O)COc2ccc(C#N)cc2OC)c2ccccc21. The van der Waals surface area contributed by atoms with E-state index in [2.05, 4.69) is 0 Å². The number of para-hydroxylation sites is 1. The Hall–Kier alpha value is -3.26. The number of nitrogens with zero attached hydrogens (tertiary/aromatic N) is 2. The largest absolute Gasteiger partial charge is 0.493 e. The Bertz CT molecular complexity index is 967. The van der Waals surface area contributed by atoms with Crippen molar-refractivity contribution in [3.8, 4) is 17.6 Å². The van der Waals surface area contributed by atoms with Crippen molar-refractivity contribution in [3.05, 3.63) is 59.8 Å². The third-order valence-corrected chi connectivity index (χ3v) is 4.08. The monoisotopic (exact) mass is 334 g/mol. The summed E-state index contributed by atoms with van der Waals surface area (Å²) in [5.74, 6) is 0.770. The molecule has 0 radical (unpaired) electrons. The van der Waals surface area contributed by atoms with Crippen LogP contribution in [0.15, 0.2) is 48.7 Å². The fraction of sp³-hybridized carbons (Fsp3) is 0.200. The molecule has 5 nitrogen and oxygen atoms in total. The van der Waals surface area contributed by atoms with E-state index in [4.69, 9.17) is 14.7 Å². The lowest BCUT2D eigenvalue weighted by Crippen LogP contribution is -2.12. The maximum absolute atomic E-state index is 12.7. The van der Waals surface area contributed by atoms with E-state index in [0.29, 0.717) is 22.6 Å². The Morgan fingerprint density at radius 2 is 2.00 bits per heavy atom. The Morgan fingerprint density at radius 1 is 1.20 bits per heavy atom. The lowest BCUT2D eigenvalue weighted by Gasteiger charge is -2.10. The minimum atomic E-state index is -0.102. The number of hydrogen-bond acceptors (Lipinski definition) is 4. The van der Waals surface area contributed by atoms with E-state index < -0.39 is 0 Å². The van der Waals surface area contributed by atoms with Gasteiger partial charge in [-0.05, 0) is 25.1 Å². The van der Waals surface area contributed by atoms with E-state index in [-0.39, 0.29) is 12.4 Å². The number of aromatic nitrogens is 1. The second-order valence-electron chi connectivity index (χ2n) is 5.54. The molecular formula is C20H18N2O3. The highest BCUT2D eigenvalue weighted by Crippen LogP contribution is 2.28. The Morgan fingerprint density at radius 3 is 2.72 bits per heavy atom. The van der Waals surface area contributed by atoms with Gasteiger partial charge in [-0.2, -0.15) is 5.26 Å². The summed E-state index contributed by atoms with van der Waals surface area (Å²) in [7, 11) is 1.50. The highest BCUT2D eigenvalue weighted by Gasteiger charge is 2.16. The molecule has 0 atom stereocenters. The number of aryl methyl sites for hydroxylation is 1. The molecule has 0 aliphatic carbocycles. The van der Waals surface area contributed by atoms with Gasteiger partial charge in [0, 0.05) is 35.3 Å². The normalized spacial score (nSPS) is 10.4. The molecule has 0 aliphatic rings. The topological polar surface area (TPSA) is 64.2 Å². The quantitative estimate of drug-likeness (QED) is 0.643. The zero-order valence-electron chi connectivity index (χ0n) is 14.2. The molecule has 1 aromatic heterocycles. The maximum Gasteiger partial charge on any atom is 0.202 e. The molecule has 0 saturated heterocycles. The fourth-order valence-electron chi connectivity index (χ4n) is 2.81. The molecule has 0 N–H and O–H groups in total. The highest BCUT2D eigenvalue weighted by atomic mass is 16.5. The van der Waals surface area contributed by atoms with Crippen LogP contribution in [0.4, 0.5) is 0 Å². The first kappa shape index (κ1) is 16.6. The van der Waals surface area contributed by atoms with Gasteiger partial charge >= 0.3 is 0 Å². The van der Waals surface area contributed by atoms with Gasteiger partial charge in [-0.15, -0.1) is 0 Å². The van der Waals surface area contributed by atoms with Crippen LogP contribution < -0.4 is 9.47 Å². The molecule has 0 bridgehead atoms. The van der Waals surface area contributed by atoms with Gasteiger partial charge in [-0.25, -0.2) is 0 Å². The van der Waals surface area contributed by atoms with Crippen LogP contribution in [0.1, 0.15) is 22.8 Å². The molecule has 3 aromatic rings. The average Bonchev–Trinajstić information content (AvgIpc) is 3.05. The van der Waals surface area contributed by atoms with Crippen LogP contribution in [-0.2, 0) is 6.54 Å². The van der Waals surface area contributed by atoms with Crippen LogP contribution in [0.5, 0.6) is 11.5 Å². The number of Topliss-reactive ketones (excluding diaryl/α,β-unsaturated/α-hetero) is 1. The van der Waals surface area contributed by atoms with Crippen molar-refractivity contribution in [1.29, 1.82) is 5.26 Å². The molecule has 0 unspecified atom stereocenters. The summed E-state index contributed by atoms with van der Waals surface area (Å²) in [5, 5.41) is 9.86. The molecule has 5 heteroatoms. The van der Waals surface area contributed by atoms with Gasteiger partial charge in [0.2, 0.25) is 5.78 Å². The van der Waals surface area contributed by atoms with Crippen molar-refractivity contribution in [3.63, 3.8) is 0 Å². The predicted octanol–water partition coefficient (Wildman–Crippen LogP) is 3.80. The predicted molar refractivity (Wildman–Crippen MR) is 95.1 cm³/mol. The molecule has 0 amide bonds. The fourth-order valence-corrected chi connectivity index (χ4v) is 2.81. The molecule has 0 saturated carbocycles. The number of fused-ring (bicyclic) bond motifs is 1. The number of rotatable bonds is 6.